The standard InChI is InChI=1S/C15H20N2.C4H4O4/c1-16-7-5-12-9-17-8-6-11-3-2-4-13(15(11)17)14(12)10-16;5-3(6)1-2-4(7)8/h2-4,12,14H,5-10H2,1H3;1-2H,(H,5,6)(H,7,8)/t12-,14-;/m1./s1. The second-order valence-electron chi connectivity index (χ2n) is 6.98. The van der Waals surface area contributed by atoms with Gasteiger partial charge in [0.2, 0.25) is 0 Å². The Balaban J connectivity index is 0.000000197. The number of hydrogen-bond donors (Lipinski definition) is 2. The molecule has 2 atom stereocenters. The van der Waals surface area contributed by atoms with E-state index in [0.717, 1.165) is 11.8 Å². The second-order valence-corrected chi connectivity index (χ2v) is 6.98. The fraction of sp³-hybridized carbons (Fsp3) is 0.474. The summed E-state index contributed by atoms with van der Waals surface area (Å²) < 4.78 is 0. The van der Waals surface area contributed by atoms with Gasteiger partial charge in [-0.3, -0.25) is 0 Å². The van der Waals surface area contributed by atoms with Gasteiger partial charge in [-0.05, 0) is 43.5 Å². The summed E-state index contributed by atoms with van der Waals surface area (Å²) in [5.74, 6) is -0.829. The molecule has 0 amide bonds. The molecule has 3 aliphatic heterocycles. The number of likely N-dealkylation sites (N-methyl/N-ethyl adjacent to an activating group) is 1. The lowest BCUT2D eigenvalue weighted by Crippen LogP contribution is -2.45. The van der Waals surface area contributed by atoms with Crippen LogP contribution in [0.3, 0.4) is 0 Å². The van der Waals surface area contributed by atoms with Crippen LogP contribution in [0.1, 0.15) is 23.5 Å². The first-order valence-electron chi connectivity index (χ1n) is 8.65. The summed E-state index contributed by atoms with van der Waals surface area (Å²) in [7, 11) is 2.27. The summed E-state index contributed by atoms with van der Waals surface area (Å²) in [6.45, 7) is 5.10. The topological polar surface area (TPSA) is 81.1 Å². The van der Waals surface area contributed by atoms with Gasteiger partial charge in [0.05, 0.1) is 0 Å². The smallest absolute Gasteiger partial charge is 0.328 e. The van der Waals surface area contributed by atoms with Crippen LogP contribution < -0.4 is 4.90 Å². The summed E-state index contributed by atoms with van der Waals surface area (Å²) in [5.41, 5.74) is 4.83. The largest absolute Gasteiger partial charge is 0.478 e. The number of carboxylic acid groups (broad SMARTS) is 2. The van der Waals surface area contributed by atoms with Gasteiger partial charge in [0.1, 0.15) is 0 Å². The Morgan fingerprint density at radius 3 is 2.52 bits per heavy atom. The number of carboxylic acids is 2. The number of hydrogen-bond acceptors (Lipinski definition) is 4. The minimum Gasteiger partial charge on any atom is -0.478 e. The molecule has 1 fully saturated rings. The molecule has 6 nitrogen and oxygen atoms in total. The van der Waals surface area contributed by atoms with E-state index in [9.17, 15) is 9.59 Å². The lowest BCUT2D eigenvalue weighted by molar-refractivity contribution is -0.134. The van der Waals surface area contributed by atoms with Crippen molar-refractivity contribution in [3.8, 4) is 0 Å². The van der Waals surface area contributed by atoms with Gasteiger partial charge in [0, 0.05) is 43.4 Å². The van der Waals surface area contributed by atoms with E-state index in [1.807, 2.05) is 0 Å². The second kappa shape index (κ2) is 7.27. The molecule has 0 aromatic heterocycles. The van der Waals surface area contributed by atoms with Crippen molar-refractivity contribution in [1.82, 2.24) is 4.90 Å². The summed E-state index contributed by atoms with van der Waals surface area (Å²) in [5, 5.41) is 15.6. The molecule has 0 radical (unpaired) electrons. The molecule has 1 aromatic rings. The molecule has 25 heavy (non-hydrogen) atoms. The van der Waals surface area contributed by atoms with Crippen LogP contribution in [-0.4, -0.2) is 60.3 Å². The van der Waals surface area contributed by atoms with Crippen molar-refractivity contribution in [3.05, 3.63) is 41.5 Å². The Hall–Kier alpha value is -2.34. The summed E-state index contributed by atoms with van der Waals surface area (Å²) in [6, 6.07) is 6.98. The third-order valence-electron chi connectivity index (χ3n) is 5.30. The third-order valence-corrected chi connectivity index (χ3v) is 5.30. The minimum atomic E-state index is -1.26. The fourth-order valence-electron chi connectivity index (χ4n) is 4.21. The highest BCUT2D eigenvalue weighted by atomic mass is 16.4. The quantitative estimate of drug-likeness (QED) is 0.797. The zero-order valence-corrected chi connectivity index (χ0v) is 14.4. The summed E-state index contributed by atoms with van der Waals surface area (Å²) >= 11 is 0. The molecular formula is C19H24N2O4. The lowest BCUT2D eigenvalue weighted by atomic mass is 9.77. The molecule has 2 N–H and O–H groups in total. The van der Waals surface area contributed by atoms with E-state index in [1.165, 1.54) is 39.0 Å². The van der Waals surface area contributed by atoms with Gasteiger partial charge in [-0.1, -0.05) is 18.2 Å². The molecule has 3 heterocycles. The molecule has 4 rings (SSSR count). The molecule has 0 unspecified atom stereocenters. The van der Waals surface area contributed by atoms with Crippen LogP contribution in [0.15, 0.2) is 30.4 Å². The van der Waals surface area contributed by atoms with Crippen molar-refractivity contribution < 1.29 is 19.8 Å². The molecule has 0 bridgehead atoms. The van der Waals surface area contributed by atoms with E-state index in [-0.39, 0.29) is 0 Å². The van der Waals surface area contributed by atoms with Gasteiger partial charge >= 0.3 is 11.9 Å². The van der Waals surface area contributed by atoms with Gasteiger partial charge in [0.25, 0.3) is 0 Å². The highest BCUT2D eigenvalue weighted by molar-refractivity contribution is 5.89. The maximum Gasteiger partial charge on any atom is 0.328 e. The van der Waals surface area contributed by atoms with E-state index in [0.29, 0.717) is 12.2 Å². The van der Waals surface area contributed by atoms with Crippen LogP contribution in [0.4, 0.5) is 5.69 Å². The van der Waals surface area contributed by atoms with E-state index in [2.05, 4.69) is 35.0 Å². The molecule has 1 aromatic carbocycles. The Morgan fingerprint density at radius 1 is 1.12 bits per heavy atom. The van der Waals surface area contributed by atoms with E-state index in [4.69, 9.17) is 10.2 Å². The zero-order valence-electron chi connectivity index (χ0n) is 14.4. The summed E-state index contributed by atoms with van der Waals surface area (Å²) in [6.07, 6.45) is 3.75. The maximum atomic E-state index is 9.55. The van der Waals surface area contributed by atoms with Crippen LogP contribution in [-0.2, 0) is 16.0 Å². The van der Waals surface area contributed by atoms with Gasteiger partial charge < -0.3 is 20.0 Å². The van der Waals surface area contributed by atoms with Crippen LogP contribution >= 0.6 is 0 Å². The Labute approximate surface area is 147 Å². The fourth-order valence-corrected chi connectivity index (χ4v) is 4.21. The maximum absolute atomic E-state index is 9.55. The molecule has 0 spiro atoms. The Bertz CT molecular complexity index is 685. The van der Waals surface area contributed by atoms with E-state index in [1.54, 1.807) is 16.8 Å². The van der Waals surface area contributed by atoms with Crippen LogP contribution in [0.25, 0.3) is 0 Å². The van der Waals surface area contributed by atoms with Gasteiger partial charge in [0.15, 0.2) is 0 Å². The third kappa shape index (κ3) is 3.85. The van der Waals surface area contributed by atoms with Gasteiger partial charge in [-0.2, -0.15) is 0 Å². The zero-order chi connectivity index (χ0) is 18.0. The number of benzene rings is 1. The average molecular weight is 344 g/mol. The van der Waals surface area contributed by atoms with Crippen molar-refractivity contribution in [2.75, 3.05) is 38.1 Å². The highest BCUT2D eigenvalue weighted by Gasteiger charge is 2.39. The number of carbonyl (C=O) groups is 2. The Morgan fingerprint density at radius 2 is 1.84 bits per heavy atom. The number of fused-ring (bicyclic) bond motifs is 2. The van der Waals surface area contributed by atoms with Crippen LogP contribution in [0.2, 0.25) is 0 Å². The van der Waals surface area contributed by atoms with Crippen molar-refractivity contribution in [3.63, 3.8) is 0 Å². The number of piperidine rings is 1. The molecule has 0 aliphatic carbocycles. The van der Waals surface area contributed by atoms with Gasteiger partial charge in [-0.25, -0.2) is 9.59 Å². The number of anilines is 1. The number of rotatable bonds is 2. The van der Waals surface area contributed by atoms with E-state index < -0.39 is 11.9 Å². The SMILES string of the molecule is CN1CC[C@@H]2CN3CCc4cccc(c43)[C@@H]2C1.O=C(O)C=CC(=O)O. The normalized spacial score (nSPS) is 24.3. The number of nitrogens with zero attached hydrogens (tertiary/aromatic N) is 2. The first kappa shape index (κ1) is 17.5. The Kier molecular flexibility index (Phi) is 5.08. The van der Waals surface area contributed by atoms with Crippen molar-refractivity contribution in [2.24, 2.45) is 5.92 Å². The first-order chi connectivity index (χ1) is 12.0. The number of aliphatic carboxylic acids is 2. The molecule has 0 saturated carbocycles. The average Bonchev–Trinajstić information content (AvgIpc) is 2.99. The predicted molar refractivity (Wildman–Crippen MR) is 95.1 cm³/mol. The predicted octanol–water partition coefficient (Wildman–Crippen LogP) is 1.81. The number of para-hydroxylation sites is 1. The molecule has 6 heteroatoms. The van der Waals surface area contributed by atoms with Crippen molar-refractivity contribution in [1.29, 1.82) is 0 Å². The number of likely N-dealkylation sites (tertiary alicyclic amines) is 1. The molecular weight excluding hydrogens is 320 g/mol. The van der Waals surface area contributed by atoms with Crippen LogP contribution in [0.5, 0.6) is 0 Å². The van der Waals surface area contributed by atoms with E-state index >= 15 is 0 Å². The highest BCUT2D eigenvalue weighted by Crippen LogP contribution is 2.46. The molecule has 134 valence electrons. The molecule has 3 aliphatic rings. The van der Waals surface area contributed by atoms with Crippen molar-refractivity contribution in [2.45, 2.75) is 18.8 Å². The monoisotopic (exact) mass is 344 g/mol. The molecule has 1 saturated heterocycles. The van der Waals surface area contributed by atoms with Crippen LogP contribution in [0, 0.1) is 5.92 Å². The minimum absolute atomic E-state index is 0.558. The van der Waals surface area contributed by atoms with Gasteiger partial charge in [-0.15, -0.1) is 0 Å². The lowest BCUT2D eigenvalue weighted by Gasteiger charge is -2.44. The first-order valence-corrected chi connectivity index (χ1v) is 8.65. The summed E-state index contributed by atoms with van der Waals surface area (Å²) in [4.78, 5) is 24.3. The van der Waals surface area contributed by atoms with Crippen molar-refractivity contribution >= 4 is 17.6 Å².